The van der Waals surface area contributed by atoms with E-state index in [1.807, 2.05) is 24.3 Å². The lowest BCUT2D eigenvalue weighted by Crippen LogP contribution is -1.85. The maximum atomic E-state index is 13.4. The molecule has 0 aliphatic heterocycles. The van der Waals surface area contributed by atoms with Crippen molar-refractivity contribution in [1.82, 2.24) is 0 Å². The van der Waals surface area contributed by atoms with Gasteiger partial charge in [-0.3, -0.25) is 0 Å². The summed E-state index contributed by atoms with van der Waals surface area (Å²) >= 11 is 12.5. The third-order valence-electron chi connectivity index (χ3n) is 2.17. The average molecular weight is 364 g/mol. The van der Waals surface area contributed by atoms with Gasteiger partial charge in [-0.25, -0.2) is 4.39 Å². The van der Waals surface area contributed by atoms with Crippen molar-refractivity contribution < 1.29 is 4.39 Å². The lowest BCUT2D eigenvalue weighted by molar-refractivity contribution is 0.628. The van der Waals surface area contributed by atoms with Crippen LogP contribution < -0.4 is 0 Å². The van der Waals surface area contributed by atoms with Gasteiger partial charge in [-0.15, -0.1) is 0 Å². The molecule has 0 saturated heterocycles. The minimum absolute atomic E-state index is 0.114. The molecule has 16 heavy (non-hydrogen) atoms. The summed E-state index contributed by atoms with van der Waals surface area (Å²) in [4.78, 5) is 0. The van der Waals surface area contributed by atoms with Crippen LogP contribution in [0, 0.1) is 5.82 Å². The molecule has 0 unspecified atom stereocenters. The number of benzene rings is 2. The Balaban J connectivity index is 2.65. The van der Waals surface area contributed by atoms with E-state index in [1.54, 1.807) is 6.07 Å². The summed E-state index contributed by atoms with van der Waals surface area (Å²) in [5, 5.41) is 0.114. The Bertz CT molecular complexity index is 541. The molecule has 0 aliphatic carbocycles. The van der Waals surface area contributed by atoms with Crippen molar-refractivity contribution in [3.8, 4) is 11.1 Å². The molecular weight excluding hydrogens is 358 g/mol. The highest BCUT2D eigenvalue weighted by Crippen LogP contribution is 2.36. The fraction of sp³-hybridized carbons (Fsp3) is 0. The van der Waals surface area contributed by atoms with Crippen LogP contribution in [0.1, 0.15) is 0 Å². The van der Waals surface area contributed by atoms with Crippen molar-refractivity contribution in [1.29, 1.82) is 0 Å². The summed E-state index contributed by atoms with van der Waals surface area (Å²) in [6, 6.07) is 10.6. The van der Waals surface area contributed by atoms with Gasteiger partial charge in [0.15, 0.2) is 0 Å². The monoisotopic (exact) mass is 362 g/mol. The third-order valence-corrected chi connectivity index (χ3v) is 3.81. The third kappa shape index (κ3) is 2.31. The molecule has 0 bridgehead atoms. The Morgan fingerprint density at radius 1 is 0.938 bits per heavy atom. The summed E-state index contributed by atoms with van der Waals surface area (Å²) < 4.78 is 15.1. The standard InChI is InChI=1S/C12H6Br2ClF/c13-9-4-2-1-3-7(9)8-5-12(16)11(15)6-10(8)14/h1-6H. The first-order valence-corrected chi connectivity index (χ1v) is 6.45. The molecule has 0 saturated carbocycles. The van der Waals surface area contributed by atoms with Crippen LogP contribution in [0.2, 0.25) is 5.02 Å². The predicted octanol–water partition coefficient (Wildman–Crippen LogP) is 5.67. The van der Waals surface area contributed by atoms with Gasteiger partial charge in [-0.1, -0.05) is 61.7 Å². The van der Waals surface area contributed by atoms with Crippen LogP contribution in [-0.2, 0) is 0 Å². The number of hydrogen-bond donors (Lipinski definition) is 0. The molecule has 2 aromatic rings. The molecule has 0 heterocycles. The summed E-state index contributed by atoms with van der Waals surface area (Å²) in [7, 11) is 0. The molecule has 82 valence electrons. The molecule has 0 N–H and O–H groups in total. The second kappa shape index (κ2) is 4.86. The molecule has 0 amide bonds. The topological polar surface area (TPSA) is 0 Å². The van der Waals surface area contributed by atoms with Gasteiger partial charge >= 0.3 is 0 Å². The smallest absolute Gasteiger partial charge is 0.142 e. The van der Waals surface area contributed by atoms with Crippen LogP contribution in [-0.4, -0.2) is 0 Å². The second-order valence-electron chi connectivity index (χ2n) is 3.23. The normalized spacial score (nSPS) is 10.5. The van der Waals surface area contributed by atoms with E-state index in [-0.39, 0.29) is 5.02 Å². The first kappa shape index (κ1) is 12.1. The molecule has 0 nitrogen and oxygen atoms in total. The maximum Gasteiger partial charge on any atom is 0.142 e. The van der Waals surface area contributed by atoms with Crippen molar-refractivity contribution in [3.63, 3.8) is 0 Å². The SMILES string of the molecule is Fc1cc(-c2ccccc2Br)c(Br)cc1Cl. The van der Waals surface area contributed by atoms with Crippen molar-refractivity contribution in [2.24, 2.45) is 0 Å². The zero-order valence-corrected chi connectivity index (χ0v) is 11.9. The molecule has 4 heteroatoms. The highest BCUT2D eigenvalue weighted by Gasteiger charge is 2.10. The highest BCUT2D eigenvalue weighted by atomic mass is 79.9. The van der Waals surface area contributed by atoms with Crippen LogP contribution in [0.5, 0.6) is 0 Å². The van der Waals surface area contributed by atoms with Crippen LogP contribution in [0.25, 0.3) is 11.1 Å². The van der Waals surface area contributed by atoms with Gasteiger partial charge in [-0.05, 0) is 29.3 Å². The summed E-state index contributed by atoms with van der Waals surface area (Å²) in [5.74, 6) is -0.421. The number of hydrogen-bond acceptors (Lipinski definition) is 0. The minimum atomic E-state index is -0.421. The Kier molecular flexibility index (Phi) is 3.67. The molecule has 0 aromatic heterocycles. The largest absolute Gasteiger partial charge is 0.205 e. The van der Waals surface area contributed by atoms with E-state index >= 15 is 0 Å². The van der Waals surface area contributed by atoms with Crippen molar-refractivity contribution in [3.05, 3.63) is 56.2 Å². The van der Waals surface area contributed by atoms with Gasteiger partial charge in [0.1, 0.15) is 5.82 Å². The van der Waals surface area contributed by atoms with Gasteiger partial charge in [0.25, 0.3) is 0 Å². The zero-order chi connectivity index (χ0) is 11.7. The van der Waals surface area contributed by atoms with E-state index < -0.39 is 5.82 Å². The Labute approximate surface area is 115 Å². The fourth-order valence-corrected chi connectivity index (χ4v) is 2.76. The van der Waals surface area contributed by atoms with E-state index in [9.17, 15) is 4.39 Å². The summed E-state index contributed by atoms with van der Waals surface area (Å²) in [5.41, 5.74) is 1.69. The van der Waals surface area contributed by atoms with Crippen molar-refractivity contribution in [2.75, 3.05) is 0 Å². The zero-order valence-electron chi connectivity index (χ0n) is 7.98. The molecule has 2 rings (SSSR count). The van der Waals surface area contributed by atoms with E-state index in [4.69, 9.17) is 11.6 Å². The molecule has 0 radical (unpaired) electrons. The first-order chi connectivity index (χ1) is 7.59. The quantitative estimate of drug-likeness (QED) is 0.572. The first-order valence-electron chi connectivity index (χ1n) is 4.49. The van der Waals surface area contributed by atoms with E-state index in [2.05, 4.69) is 31.9 Å². The molecule has 0 atom stereocenters. The molecular formula is C12H6Br2ClF. The molecule has 0 fully saturated rings. The molecule has 2 aromatic carbocycles. The van der Waals surface area contributed by atoms with Crippen LogP contribution in [0.3, 0.4) is 0 Å². The second-order valence-corrected chi connectivity index (χ2v) is 5.34. The van der Waals surface area contributed by atoms with Crippen LogP contribution in [0.4, 0.5) is 4.39 Å². The van der Waals surface area contributed by atoms with E-state index in [1.165, 1.54) is 6.07 Å². The van der Waals surface area contributed by atoms with E-state index in [0.29, 0.717) is 0 Å². The average Bonchev–Trinajstić information content (AvgIpc) is 2.25. The lowest BCUT2D eigenvalue weighted by atomic mass is 10.1. The van der Waals surface area contributed by atoms with Crippen LogP contribution in [0.15, 0.2) is 45.3 Å². The van der Waals surface area contributed by atoms with Gasteiger partial charge in [0.2, 0.25) is 0 Å². The molecule has 0 aliphatic rings. The lowest BCUT2D eigenvalue weighted by Gasteiger charge is -2.08. The van der Waals surface area contributed by atoms with Crippen LogP contribution >= 0.6 is 43.5 Å². The molecule has 0 spiro atoms. The van der Waals surface area contributed by atoms with Gasteiger partial charge in [-0.2, -0.15) is 0 Å². The van der Waals surface area contributed by atoms with Gasteiger partial charge < -0.3 is 0 Å². The minimum Gasteiger partial charge on any atom is -0.205 e. The maximum absolute atomic E-state index is 13.4. The number of halogens is 4. The van der Waals surface area contributed by atoms with Gasteiger partial charge in [0.05, 0.1) is 5.02 Å². The van der Waals surface area contributed by atoms with Crippen molar-refractivity contribution >= 4 is 43.5 Å². The van der Waals surface area contributed by atoms with Crippen molar-refractivity contribution in [2.45, 2.75) is 0 Å². The Hall–Kier alpha value is -0.380. The Morgan fingerprint density at radius 3 is 2.31 bits per heavy atom. The fourth-order valence-electron chi connectivity index (χ4n) is 1.41. The summed E-state index contributed by atoms with van der Waals surface area (Å²) in [6.45, 7) is 0. The Morgan fingerprint density at radius 2 is 1.62 bits per heavy atom. The summed E-state index contributed by atoms with van der Waals surface area (Å²) in [6.07, 6.45) is 0. The van der Waals surface area contributed by atoms with Gasteiger partial charge in [0, 0.05) is 8.95 Å². The highest BCUT2D eigenvalue weighted by molar-refractivity contribution is 9.11. The van der Waals surface area contributed by atoms with E-state index in [0.717, 1.165) is 20.1 Å². The number of rotatable bonds is 1. The predicted molar refractivity (Wildman–Crippen MR) is 72.2 cm³/mol.